The maximum atomic E-state index is 13.5. The Bertz CT molecular complexity index is 704. The average Bonchev–Trinajstić information content (AvgIpc) is 2.64. The van der Waals surface area contributed by atoms with Gasteiger partial charge in [-0.05, 0) is 18.6 Å². The first kappa shape index (κ1) is 17.1. The van der Waals surface area contributed by atoms with Crippen molar-refractivity contribution < 1.29 is 26.7 Å². The summed E-state index contributed by atoms with van der Waals surface area (Å²) in [4.78, 5) is 15.5. The lowest BCUT2D eigenvalue weighted by Crippen LogP contribution is -2.33. The number of primary amides is 1. The number of halogens is 5. The Morgan fingerprint density at radius 1 is 1.26 bits per heavy atom. The largest absolute Gasteiger partial charge is 0.458 e. The third-order valence-corrected chi connectivity index (χ3v) is 3.48. The lowest BCUT2D eigenvalue weighted by atomic mass is 10.0. The Kier molecular flexibility index (Phi) is 4.28. The molecule has 1 aliphatic rings. The van der Waals surface area contributed by atoms with Crippen molar-refractivity contribution in [1.82, 2.24) is 0 Å². The van der Waals surface area contributed by atoms with Crippen LogP contribution in [-0.4, -0.2) is 17.8 Å². The van der Waals surface area contributed by atoms with Crippen LogP contribution < -0.4 is 5.73 Å². The van der Waals surface area contributed by atoms with E-state index in [1.54, 1.807) is 6.92 Å². The molecule has 23 heavy (non-hydrogen) atoms. The highest BCUT2D eigenvalue weighted by atomic mass is 19.4. The van der Waals surface area contributed by atoms with Gasteiger partial charge >= 0.3 is 12.1 Å². The lowest BCUT2D eigenvalue weighted by Gasteiger charge is -2.20. The number of benzene rings is 1. The van der Waals surface area contributed by atoms with Crippen LogP contribution in [0.1, 0.15) is 30.9 Å². The molecule has 1 aromatic rings. The molecule has 1 heterocycles. The van der Waals surface area contributed by atoms with Crippen molar-refractivity contribution >= 4 is 23.4 Å². The molecule has 0 atom stereocenters. The molecule has 0 fully saturated rings. The molecule has 0 spiro atoms. The summed E-state index contributed by atoms with van der Waals surface area (Å²) in [6.07, 6.45) is -3.80. The van der Waals surface area contributed by atoms with Crippen molar-refractivity contribution in [3.63, 3.8) is 0 Å². The van der Waals surface area contributed by atoms with E-state index in [2.05, 4.69) is 4.99 Å². The van der Waals surface area contributed by atoms with Gasteiger partial charge in [-0.15, -0.1) is 0 Å². The normalized spacial score (nSPS) is 15.4. The van der Waals surface area contributed by atoms with Gasteiger partial charge < -0.3 is 5.73 Å². The van der Waals surface area contributed by atoms with Gasteiger partial charge in [-0.3, -0.25) is 9.79 Å². The summed E-state index contributed by atoms with van der Waals surface area (Å²) in [6.45, 7) is 1.73. The molecule has 1 aromatic carbocycles. The van der Waals surface area contributed by atoms with Crippen molar-refractivity contribution in [2.75, 3.05) is 0 Å². The first-order valence-electron chi connectivity index (χ1n) is 6.72. The Morgan fingerprint density at radius 3 is 2.43 bits per heavy atom. The Balaban J connectivity index is 2.60. The molecule has 124 valence electrons. The van der Waals surface area contributed by atoms with Gasteiger partial charge in [-0.1, -0.05) is 19.1 Å². The first-order valence-corrected chi connectivity index (χ1v) is 6.72. The minimum Gasteiger partial charge on any atom is -0.366 e. The second-order valence-electron chi connectivity index (χ2n) is 5.09. The SMILES string of the molecule is CCC1=Nc2cc(C(F)(F)C(F)(F)F)ccc2C=C(C(N)=O)C1. The number of carbonyl (C=O) groups excluding carboxylic acids is 1. The van der Waals surface area contributed by atoms with Crippen LogP contribution in [0.15, 0.2) is 28.8 Å². The van der Waals surface area contributed by atoms with E-state index in [4.69, 9.17) is 5.73 Å². The summed E-state index contributed by atoms with van der Waals surface area (Å²) >= 11 is 0. The van der Waals surface area contributed by atoms with Crippen LogP contribution in [-0.2, 0) is 10.7 Å². The molecule has 3 nitrogen and oxygen atoms in total. The fourth-order valence-corrected chi connectivity index (χ4v) is 2.15. The van der Waals surface area contributed by atoms with Crippen LogP contribution in [0.4, 0.5) is 27.6 Å². The first-order chi connectivity index (χ1) is 10.6. The second kappa shape index (κ2) is 5.75. The van der Waals surface area contributed by atoms with Gasteiger partial charge in [0, 0.05) is 28.8 Å². The maximum Gasteiger partial charge on any atom is 0.458 e. The summed E-state index contributed by atoms with van der Waals surface area (Å²) < 4.78 is 64.4. The van der Waals surface area contributed by atoms with Crippen LogP contribution in [0.5, 0.6) is 0 Å². The van der Waals surface area contributed by atoms with Crippen molar-refractivity contribution in [3.05, 3.63) is 34.9 Å². The quantitative estimate of drug-likeness (QED) is 0.833. The number of hydrogen-bond donors (Lipinski definition) is 1. The van der Waals surface area contributed by atoms with Gasteiger partial charge in [0.25, 0.3) is 0 Å². The van der Waals surface area contributed by atoms with E-state index in [9.17, 15) is 26.7 Å². The Labute approximate surface area is 128 Å². The molecule has 0 radical (unpaired) electrons. The number of aliphatic imine (C=N–C) groups is 1. The molecule has 2 rings (SSSR count). The van der Waals surface area contributed by atoms with Gasteiger partial charge in [-0.2, -0.15) is 22.0 Å². The predicted molar refractivity (Wildman–Crippen MR) is 75.6 cm³/mol. The van der Waals surface area contributed by atoms with Crippen molar-refractivity contribution in [3.8, 4) is 0 Å². The highest BCUT2D eigenvalue weighted by Crippen LogP contribution is 2.45. The third-order valence-electron chi connectivity index (χ3n) is 3.48. The van der Waals surface area contributed by atoms with E-state index in [1.807, 2.05) is 0 Å². The van der Waals surface area contributed by atoms with Gasteiger partial charge in [0.2, 0.25) is 5.91 Å². The van der Waals surface area contributed by atoms with E-state index in [0.29, 0.717) is 24.3 Å². The average molecular weight is 332 g/mol. The van der Waals surface area contributed by atoms with Crippen molar-refractivity contribution in [2.45, 2.75) is 31.9 Å². The van der Waals surface area contributed by atoms with E-state index in [0.717, 1.165) is 6.07 Å². The minimum absolute atomic E-state index is 0.0421. The summed E-state index contributed by atoms with van der Waals surface area (Å²) in [5, 5.41) is 0. The van der Waals surface area contributed by atoms with Gasteiger partial charge in [-0.25, -0.2) is 0 Å². The fraction of sp³-hybridized carbons (Fsp3) is 0.333. The number of amides is 1. The molecular formula is C15H13F5N2O. The molecule has 1 amide bonds. The zero-order chi connectivity index (χ0) is 17.4. The number of hydrogen-bond acceptors (Lipinski definition) is 2. The van der Waals surface area contributed by atoms with E-state index >= 15 is 0 Å². The highest BCUT2D eigenvalue weighted by Gasteiger charge is 2.58. The highest BCUT2D eigenvalue weighted by molar-refractivity contribution is 6.05. The number of carbonyl (C=O) groups is 1. The summed E-state index contributed by atoms with van der Waals surface area (Å²) in [5.74, 6) is -5.67. The molecule has 0 unspecified atom stereocenters. The zero-order valence-corrected chi connectivity index (χ0v) is 12.0. The van der Waals surface area contributed by atoms with Gasteiger partial charge in [0.05, 0.1) is 5.69 Å². The zero-order valence-electron chi connectivity index (χ0n) is 12.0. The van der Waals surface area contributed by atoms with Crippen LogP contribution in [0, 0.1) is 0 Å². The Hall–Kier alpha value is -2.25. The topological polar surface area (TPSA) is 55.4 Å². The van der Waals surface area contributed by atoms with Crippen molar-refractivity contribution in [1.29, 1.82) is 0 Å². The molecule has 1 aliphatic heterocycles. The number of rotatable bonds is 3. The van der Waals surface area contributed by atoms with Crippen LogP contribution >= 0.6 is 0 Å². The number of alkyl halides is 5. The van der Waals surface area contributed by atoms with E-state index in [-0.39, 0.29) is 23.2 Å². The third kappa shape index (κ3) is 3.25. The summed E-state index contributed by atoms with van der Waals surface area (Å²) in [6, 6.07) is 2.45. The van der Waals surface area contributed by atoms with Crippen LogP contribution in [0.25, 0.3) is 6.08 Å². The van der Waals surface area contributed by atoms with E-state index in [1.165, 1.54) is 6.08 Å². The molecule has 0 aliphatic carbocycles. The molecule has 2 N–H and O–H groups in total. The maximum absolute atomic E-state index is 13.5. The molecule has 0 bridgehead atoms. The monoisotopic (exact) mass is 332 g/mol. The summed E-state index contributed by atoms with van der Waals surface area (Å²) in [5.41, 5.74) is 4.96. The fourth-order valence-electron chi connectivity index (χ4n) is 2.15. The lowest BCUT2D eigenvalue weighted by molar-refractivity contribution is -0.289. The van der Waals surface area contributed by atoms with Crippen LogP contribution in [0.2, 0.25) is 0 Å². The predicted octanol–water partition coefficient (Wildman–Crippen LogP) is 4.10. The number of fused-ring (bicyclic) bond motifs is 1. The smallest absolute Gasteiger partial charge is 0.366 e. The molecule has 0 saturated heterocycles. The molecular weight excluding hydrogens is 319 g/mol. The van der Waals surface area contributed by atoms with Crippen molar-refractivity contribution in [2.24, 2.45) is 10.7 Å². The minimum atomic E-state index is -5.70. The standard InChI is InChI=1S/C15H13F5N2O/c1-2-11-6-9(13(21)23)5-8-3-4-10(7-12(8)22-11)14(16,17)15(18,19)20/h3-5,7H,2,6H2,1H3,(H2,21,23). The van der Waals surface area contributed by atoms with Gasteiger partial charge in [0.15, 0.2) is 0 Å². The number of nitrogens with zero attached hydrogens (tertiary/aromatic N) is 1. The van der Waals surface area contributed by atoms with E-state index < -0.39 is 23.6 Å². The molecule has 0 saturated carbocycles. The summed E-state index contributed by atoms with van der Waals surface area (Å²) in [7, 11) is 0. The second-order valence-corrected chi connectivity index (χ2v) is 5.09. The van der Waals surface area contributed by atoms with Crippen LogP contribution in [0.3, 0.4) is 0 Å². The van der Waals surface area contributed by atoms with Gasteiger partial charge in [0.1, 0.15) is 0 Å². The molecule has 0 aromatic heterocycles. The Morgan fingerprint density at radius 2 is 1.91 bits per heavy atom. The molecule has 8 heteroatoms. The number of nitrogens with two attached hydrogens (primary N) is 1.